The lowest BCUT2D eigenvalue weighted by molar-refractivity contribution is 0.0697. The van der Waals surface area contributed by atoms with Gasteiger partial charge in [-0.2, -0.15) is 5.26 Å². The number of hydrogen-bond acceptors (Lipinski definition) is 4. The van der Waals surface area contributed by atoms with Crippen molar-refractivity contribution in [3.05, 3.63) is 47.0 Å². The lowest BCUT2D eigenvalue weighted by Crippen LogP contribution is -1.96. The average molecular weight is 302 g/mol. The van der Waals surface area contributed by atoms with Gasteiger partial charge in [-0.05, 0) is 46.5 Å². The van der Waals surface area contributed by atoms with E-state index >= 15 is 0 Å². The van der Waals surface area contributed by atoms with Gasteiger partial charge in [-0.3, -0.25) is 0 Å². The van der Waals surface area contributed by atoms with Crippen LogP contribution in [0.3, 0.4) is 0 Å². The van der Waals surface area contributed by atoms with Gasteiger partial charge in [0.15, 0.2) is 0 Å². The molecule has 21 heavy (non-hydrogen) atoms. The SMILES string of the molecule is CCO[P+](=O)Cc1cc(C#N)c2ccc(C(=O)O)cc2c1. The maximum atomic E-state index is 11.7. The molecule has 0 saturated carbocycles. The number of benzene rings is 2. The second kappa shape index (κ2) is 6.45. The molecule has 1 atom stereocenters. The number of nitrogens with zero attached hydrogens (tertiary/aromatic N) is 1. The zero-order valence-electron chi connectivity index (χ0n) is 11.4. The number of hydrogen-bond donors (Lipinski definition) is 1. The monoisotopic (exact) mass is 302 g/mol. The summed E-state index contributed by atoms with van der Waals surface area (Å²) in [6, 6.07) is 10.1. The van der Waals surface area contributed by atoms with E-state index in [1.165, 1.54) is 12.1 Å². The summed E-state index contributed by atoms with van der Waals surface area (Å²) in [7, 11) is -1.83. The minimum absolute atomic E-state index is 0.151. The van der Waals surface area contributed by atoms with Crippen LogP contribution in [0, 0.1) is 11.3 Å². The topological polar surface area (TPSA) is 87.4 Å². The molecule has 5 nitrogen and oxygen atoms in total. The van der Waals surface area contributed by atoms with Gasteiger partial charge < -0.3 is 5.11 Å². The standard InChI is InChI=1S/C15H12NO4P/c1-2-20-21(19)9-10-5-12-7-11(15(17)18)3-4-14(12)13(6-10)8-16/h3-7H,2,9H2,1H3/p+1. The summed E-state index contributed by atoms with van der Waals surface area (Å²) < 4.78 is 16.7. The summed E-state index contributed by atoms with van der Waals surface area (Å²) in [6.45, 7) is 2.12. The molecule has 0 amide bonds. The van der Waals surface area contributed by atoms with E-state index in [2.05, 4.69) is 6.07 Å². The van der Waals surface area contributed by atoms with Gasteiger partial charge in [0.1, 0.15) is 0 Å². The third kappa shape index (κ3) is 3.43. The summed E-state index contributed by atoms with van der Waals surface area (Å²) in [5, 5.41) is 19.6. The lowest BCUT2D eigenvalue weighted by atomic mass is 10.00. The molecule has 0 aliphatic heterocycles. The molecule has 1 N–H and O–H groups in total. The third-order valence-electron chi connectivity index (χ3n) is 2.96. The fourth-order valence-corrected chi connectivity index (χ4v) is 2.95. The Morgan fingerprint density at radius 3 is 2.76 bits per heavy atom. The highest BCUT2D eigenvalue weighted by Crippen LogP contribution is 2.31. The van der Waals surface area contributed by atoms with Crippen LogP contribution in [0.1, 0.15) is 28.4 Å². The van der Waals surface area contributed by atoms with Gasteiger partial charge >= 0.3 is 14.0 Å². The van der Waals surface area contributed by atoms with Crippen LogP contribution in [-0.2, 0) is 15.3 Å². The van der Waals surface area contributed by atoms with Crippen molar-refractivity contribution >= 4 is 24.8 Å². The second-order valence-electron chi connectivity index (χ2n) is 4.40. The number of carboxylic acids is 1. The van der Waals surface area contributed by atoms with Gasteiger partial charge in [-0.15, -0.1) is 4.52 Å². The number of carboxylic acid groups (broad SMARTS) is 1. The van der Waals surface area contributed by atoms with Gasteiger partial charge in [0.2, 0.25) is 6.16 Å². The average Bonchev–Trinajstić information content (AvgIpc) is 2.45. The lowest BCUT2D eigenvalue weighted by Gasteiger charge is -2.04. The van der Waals surface area contributed by atoms with Crippen LogP contribution in [0.2, 0.25) is 0 Å². The summed E-state index contributed by atoms with van der Waals surface area (Å²) >= 11 is 0. The molecule has 1 unspecified atom stereocenters. The summed E-state index contributed by atoms with van der Waals surface area (Å²) in [5.74, 6) is -1.03. The maximum absolute atomic E-state index is 11.7. The van der Waals surface area contributed by atoms with Crippen LogP contribution in [0.5, 0.6) is 0 Å². The van der Waals surface area contributed by atoms with E-state index in [1.54, 1.807) is 25.1 Å². The molecular weight excluding hydrogens is 289 g/mol. The summed E-state index contributed by atoms with van der Waals surface area (Å²) in [4.78, 5) is 11.0. The largest absolute Gasteiger partial charge is 0.512 e. The third-order valence-corrected chi connectivity index (χ3v) is 4.13. The van der Waals surface area contributed by atoms with Crippen LogP contribution in [0.25, 0.3) is 10.8 Å². The van der Waals surface area contributed by atoms with Crippen molar-refractivity contribution in [1.29, 1.82) is 5.26 Å². The molecule has 2 aromatic carbocycles. The van der Waals surface area contributed by atoms with E-state index in [0.29, 0.717) is 28.5 Å². The van der Waals surface area contributed by atoms with Crippen molar-refractivity contribution in [1.82, 2.24) is 0 Å². The first-order valence-corrected chi connectivity index (χ1v) is 7.69. The Hall–Kier alpha value is -2.28. The quantitative estimate of drug-likeness (QED) is 0.851. The van der Waals surface area contributed by atoms with Gasteiger partial charge in [-0.1, -0.05) is 6.07 Å². The molecular formula is C15H13NO4P+. The van der Waals surface area contributed by atoms with Crippen molar-refractivity contribution in [2.24, 2.45) is 0 Å². The van der Waals surface area contributed by atoms with Gasteiger partial charge in [-0.25, -0.2) is 4.79 Å². The van der Waals surface area contributed by atoms with Crippen LogP contribution in [0.15, 0.2) is 30.3 Å². The predicted molar refractivity (Wildman–Crippen MR) is 78.6 cm³/mol. The minimum atomic E-state index is -1.83. The normalized spacial score (nSPS) is 11.1. The molecule has 2 rings (SSSR count). The molecule has 0 bridgehead atoms. The molecule has 2 aromatic rings. The van der Waals surface area contributed by atoms with Crippen LogP contribution in [0.4, 0.5) is 0 Å². The molecule has 0 radical (unpaired) electrons. The van der Waals surface area contributed by atoms with Crippen LogP contribution >= 0.6 is 8.03 Å². The zero-order valence-corrected chi connectivity index (χ0v) is 12.3. The molecule has 0 spiro atoms. The molecule has 0 fully saturated rings. The van der Waals surface area contributed by atoms with E-state index in [0.717, 1.165) is 0 Å². The Morgan fingerprint density at radius 2 is 2.14 bits per heavy atom. The molecule has 0 saturated heterocycles. The first-order chi connectivity index (χ1) is 10.0. The van der Waals surface area contributed by atoms with Crippen molar-refractivity contribution in [2.75, 3.05) is 6.61 Å². The molecule has 0 aliphatic carbocycles. The minimum Gasteiger partial charge on any atom is -0.478 e. The molecule has 0 aliphatic rings. The van der Waals surface area contributed by atoms with Gasteiger partial charge in [0.25, 0.3) is 0 Å². The molecule has 6 heteroatoms. The van der Waals surface area contributed by atoms with E-state index in [9.17, 15) is 14.6 Å². The van der Waals surface area contributed by atoms with E-state index < -0.39 is 14.0 Å². The van der Waals surface area contributed by atoms with Gasteiger partial charge in [0, 0.05) is 5.56 Å². The fraction of sp³-hybridized carbons (Fsp3) is 0.200. The van der Waals surface area contributed by atoms with E-state index in [4.69, 9.17) is 9.63 Å². The highest BCUT2D eigenvalue weighted by atomic mass is 31.1. The number of fused-ring (bicyclic) bond motifs is 1. The Balaban J connectivity index is 2.51. The maximum Gasteiger partial charge on any atom is 0.512 e. The Bertz CT molecular complexity index is 764. The Morgan fingerprint density at radius 1 is 1.38 bits per heavy atom. The molecule has 106 valence electrons. The summed E-state index contributed by atoms with van der Waals surface area (Å²) in [6.07, 6.45) is 0.199. The number of carbonyl (C=O) groups is 1. The van der Waals surface area contributed by atoms with Gasteiger partial charge in [0.05, 0.1) is 23.8 Å². The predicted octanol–water partition coefficient (Wildman–Crippen LogP) is 3.69. The van der Waals surface area contributed by atoms with E-state index in [-0.39, 0.29) is 11.7 Å². The summed E-state index contributed by atoms with van der Waals surface area (Å²) in [5.41, 5.74) is 1.27. The smallest absolute Gasteiger partial charge is 0.478 e. The zero-order chi connectivity index (χ0) is 15.4. The van der Waals surface area contributed by atoms with Crippen molar-refractivity contribution < 1.29 is 19.0 Å². The highest BCUT2D eigenvalue weighted by Gasteiger charge is 2.19. The van der Waals surface area contributed by atoms with Crippen LogP contribution < -0.4 is 0 Å². The van der Waals surface area contributed by atoms with Crippen molar-refractivity contribution in [3.63, 3.8) is 0 Å². The fourth-order valence-electron chi connectivity index (χ4n) is 2.09. The highest BCUT2D eigenvalue weighted by molar-refractivity contribution is 7.38. The number of aromatic carboxylic acids is 1. The molecule has 0 aromatic heterocycles. The Labute approximate surface area is 122 Å². The van der Waals surface area contributed by atoms with Crippen molar-refractivity contribution in [3.8, 4) is 6.07 Å². The number of rotatable bonds is 5. The first kappa shape index (κ1) is 15.1. The second-order valence-corrected chi connectivity index (χ2v) is 5.64. The van der Waals surface area contributed by atoms with Crippen LogP contribution in [-0.4, -0.2) is 17.7 Å². The van der Waals surface area contributed by atoms with E-state index in [1.807, 2.05) is 0 Å². The Kier molecular flexibility index (Phi) is 4.64. The van der Waals surface area contributed by atoms with Crippen molar-refractivity contribution in [2.45, 2.75) is 13.1 Å². The first-order valence-electron chi connectivity index (χ1n) is 6.32. The number of nitriles is 1. The molecule has 0 heterocycles.